The second kappa shape index (κ2) is 9.36. The molecular weight excluding hydrogens is 498 g/mol. The van der Waals surface area contributed by atoms with E-state index in [0.717, 1.165) is 15.8 Å². The van der Waals surface area contributed by atoms with Crippen molar-refractivity contribution in [1.29, 1.82) is 0 Å². The summed E-state index contributed by atoms with van der Waals surface area (Å²) >= 11 is 1.28. The highest BCUT2D eigenvalue weighted by Crippen LogP contribution is 2.32. The summed E-state index contributed by atoms with van der Waals surface area (Å²) in [7, 11) is -1.95. The number of nitrogens with zero attached hydrogens (tertiary/aromatic N) is 3. The van der Waals surface area contributed by atoms with Gasteiger partial charge in [0.15, 0.2) is 4.80 Å². The van der Waals surface area contributed by atoms with Gasteiger partial charge in [-0.3, -0.25) is 9.10 Å². The normalized spacial score (nSPS) is 13.7. The minimum absolute atomic E-state index is 0.120. The van der Waals surface area contributed by atoms with Crippen molar-refractivity contribution >= 4 is 49.1 Å². The van der Waals surface area contributed by atoms with Crippen molar-refractivity contribution in [2.75, 3.05) is 17.5 Å². The summed E-state index contributed by atoms with van der Waals surface area (Å²) in [6.45, 7) is 2.42. The number of thiazole rings is 1. The molecule has 1 amide bonds. The number of carbonyl (C=O) groups is 2. The fourth-order valence-corrected chi connectivity index (χ4v) is 6.75. The van der Waals surface area contributed by atoms with E-state index in [4.69, 9.17) is 4.74 Å². The average Bonchev–Trinajstić information content (AvgIpc) is 3.45. The van der Waals surface area contributed by atoms with Crippen molar-refractivity contribution in [3.63, 3.8) is 0 Å². The highest BCUT2D eigenvalue weighted by atomic mass is 32.2. The van der Waals surface area contributed by atoms with Crippen LogP contribution in [0.5, 0.6) is 0 Å². The molecule has 0 unspecified atom stereocenters. The molecule has 0 atom stereocenters. The van der Waals surface area contributed by atoms with Gasteiger partial charge in [0.1, 0.15) is 0 Å². The van der Waals surface area contributed by atoms with Crippen LogP contribution in [0.1, 0.15) is 33.2 Å². The Balaban J connectivity index is 1.41. The molecule has 0 aliphatic carbocycles. The van der Waals surface area contributed by atoms with Gasteiger partial charge < -0.3 is 9.30 Å². The lowest BCUT2D eigenvalue weighted by Gasteiger charge is -2.19. The summed E-state index contributed by atoms with van der Waals surface area (Å²) in [5.41, 5.74) is 3.22. The van der Waals surface area contributed by atoms with Gasteiger partial charge >= 0.3 is 5.97 Å². The molecule has 2 heterocycles. The molecule has 1 aromatic heterocycles. The highest BCUT2D eigenvalue weighted by molar-refractivity contribution is 7.92. The van der Waals surface area contributed by atoms with E-state index in [-0.39, 0.29) is 17.1 Å². The van der Waals surface area contributed by atoms with Gasteiger partial charge in [-0.2, -0.15) is 4.99 Å². The largest absolute Gasteiger partial charge is 0.462 e. The van der Waals surface area contributed by atoms with Crippen LogP contribution >= 0.6 is 11.3 Å². The predicted octanol–water partition coefficient (Wildman–Crippen LogP) is 3.91. The van der Waals surface area contributed by atoms with Gasteiger partial charge in [-0.25, -0.2) is 13.2 Å². The number of rotatable bonds is 5. The number of esters is 1. The van der Waals surface area contributed by atoms with Crippen LogP contribution in [0.4, 0.5) is 5.69 Å². The maximum atomic E-state index is 13.2. The summed E-state index contributed by atoms with van der Waals surface area (Å²) in [5, 5.41) is 0. The lowest BCUT2D eigenvalue weighted by molar-refractivity contribution is 0.0526. The first-order chi connectivity index (χ1) is 17.3. The number of amides is 1. The molecule has 3 aromatic carbocycles. The number of para-hydroxylation sites is 1. The van der Waals surface area contributed by atoms with Gasteiger partial charge in [0, 0.05) is 19.2 Å². The SMILES string of the molecule is CCOC(=O)c1ccc2c(c1)sc(=NC(=O)c1ccc(S(=O)(=O)N3CCc4ccccc43)cc1)n2C. The summed E-state index contributed by atoms with van der Waals surface area (Å²) in [6, 6.07) is 18.5. The zero-order valence-corrected chi connectivity index (χ0v) is 21.3. The number of aryl methyl sites for hydroxylation is 1. The molecule has 184 valence electrons. The fraction of sp³-hybridized carbons (Fsp3) is 0.192. The van der Waals surface area contributed by atoms with Crippen LogP contribution in [0, 0.1) is 0 Å². The maximum absolute atomic E-state index is 13.2. The van der Waals surface area contributed by atoms with Crippen molar-refractivity contribution < 1.29 is 22.7 Å². The van der Waals surface area contributed by atoms with Gasteiger partial charge in [-0.1, -0.05) is 29.5 Å². The van der Waals surface area contributed by atoms with Crippen molar-refractivity contribution in [2.24, 2.45) is 12.0 Å². The Morgan fingerprint density at radius 3 is 2.50 bits per heavy atom. The van der Waals surface area contributed by atoms with Crippen LogP contribution in [0.15, 0.2) is 76.6 Å². The van der Waals surface area contributed by atoms with E-state index in [1.807, 2.05) is 18.2 Å². The third-order valence-corrected chi connectivity index (χ3v) is 8.97. The number of carbonyl (C=O) groups excluding carboxylic acids is 2. The van der Waals surface area contributed by atoms with Crippen LogP contribution in [-0.4, -0.2) is 38.0 Å². The Morgan fingerprint density at radius 2 is 1.75 bits per heavy atom. The average molecular weight is 522 g/mol. The number of benzene rings is 3. The zero-order valence-electron chi connectivity index (χ0n) is 19.7. The monoisotopic (exact) mass is 521 g/mol. The molecule has 10 heteroatoms. The minimum atomic E-state index is -3.74. The van der Waals surface area contributed by atoms with Crippen LogP contribution in [0.3, 0.4) is 0 Å². The van der Waals surface area contributed by atoms with E-state index < -0.39 is 21.9 Å². The smallest absolute Gasteiger partial charge is 0.338 e. The van der Waals surface area contributed by atoms with Crippen molar-refractivity contribution in [3.05, 3.63) is 88.2 Å². The first-order valence-electron chi connectivity index (χ1n) is 11.4. The zero-order chi connectivity index (χ0) is 25.4. The molecule has 1 aliphatic rings. The minimum Gasteiger partial charge on any atom is -0.462 e. The van der Waals surface area contributed by atoms with Gasteiger partial charge in [0.05, 0.1) is 33.0 Å². The summed E-state index contributed by atoms with van der Waals surface area (Å²) in [6.07, 6.45) is 0.665. The lowest BCUT2D eigenvalue weighted by atomic mass is 10.2. The van der Waals surface area contributed by atoms with Crippen LogP contribution < -0.4 is 9.11 Å². The molecular formula is C26H23N3O5S2. The Labute approximate surface area is 212 Å². The molecule has 1 aliphatic heterocycles. The Bertz CT molecular complexity index is 1670. The van der Waals surface area contributed by atoms with E-state index in [0.29, 0.717) is 29.0 Å². The highest BCUT2D eigenvalue weighted by Gasteiger charge is 2.30. The number of fused-ring (bicyclic) bond motifs is 2. The second-order valence-electron chi connectivity index (χ2n) is 8.24. The number of hydrogen-bond acceptors (Lipinski definition) is 6. The molecule has 8 nitrogen and oxygen atoms in total. The summed E-state index contributed by atoms with van der Waals surface area (Å²) in [4.78, 5) is 29.7. The van der Waals surface area contributed by atoms with Crippen LogP contribution in [0.25, 0.3) is 10.2 Å². The Morgan fingerprint density at radius 1 is 1.03 bits per heavy atom. The van der Waals surface area contributed by atoms with E-state index in [1.54, 1.807) is 42.8 Å². The van der Waals surface area contributed by atoms with Crippen LogP contribution in [0.2, 0.25) is 0 Å². The van der Waals surface area contributed by atoms with E-state index in [9.17, 15) is 18.0 Å². The van der Waals surface area contributed by atoms with E-state index in [1.165, 1.54) is 39.9 Å². The van der Waals surface area contributed by atoms with Crippen molar-refractivity contribution in [3.8, 4) is 0 Å². The maximum Gasteiger partial charge on any atom is 0.338 e. The molecule has 0 radical (unpaired) electrons. The molecule has 36 heavy (non-hydrogen) atoms. The molecule has 4 aromatic rings. The third kappa shape index (κ3) is 4.22. The number of sulfonamides is 1. The lowest BCUT2D eigenvalue weighted by Crippen LogP contribution is -2.29. The molecule has 0 fully saturated rings. The second-order valence-corrected chi connectivity index (χ2v) is 11.1. The summed E-state index contributed by atoms with van der Waals surface area (Å²) in [5.74, 6) is -0.893. The quantitative estimate of drug-likeness (QED) is 0.371. The van der Waals surface area contributed by atoms with Crippen molar-refractivity contribution in [1.82, 2.24) is 4.57 Å². The van der Waals surface area contributed by atoms with Gasteiger partial charge in [-0.05, 0) is 67.4 Å². The topological polar surface area (TPSA) is 98.0 Å². The van der Waals surface area contributed by atoms with Crippen LogP contribution in [-0.2, 0) is 28.2 Å². The third-order valence-electron chi connectivity index (χ3n) is 6.05. The van der Waals surface area contributed by atoms with E-state index in [2.05, 4.69) is 4.99 Å². The fourth-order valence-electron chi connectivity index (χ4n) is 4.19. The van der Waals surface area contributed by atoms with E-state index >= 15 is 0 Å². The first kappa shape index (κ1) is 24.0. The Kier molecular flexibility index (Phi) is 6.23. The predicted molar refractivity (Wildman–Crippen MR) is 138 cm³/mol. The molecule has 0 spiro atoms. The summed E-state index contributed by atoms with van der Waals surface area (Å²) < 4.78 is 35.5. The van der Waals surface area contributed by atoms with Crippen molar-refractivity contribution in [2.45, 2.75) is 18.2 Å². The molecule has 5 rings (SSSR count). The van der Waals surface area contributed by atoms with Gasteiger partial charge in [0.2, 0.25) is 0 Å². The van der Waals surface area contributed by atoms with Gasteiger partial charge in [-0.15, -0.1) is 0 Å². The molecule has 0 bridgehead atoms. The Hall–Kier alpha value is -3.76. The molecule has 0 saturated heterocycles. The first-order valence-corrected chi connectivity index (χ1v) is 13.6. The molecule has 0 N–H and O–H groups in total. The van der Waals surface area contributed by atoms with Gasteiger partial charge in [0.25, 0.3) is 15.9 Å². The standard InChI is InChI=1S/C26H23N3O5S2/c1-3-34-25(31)19-10-13-22-23(16-19)35-26(28(22)2)27-24(30)18-8-11-20(12-9-18)36(32,33)29-15-14-17-6-4-5-7-21(17)29/h4-13,16H,3,14-15H2,1-2H3. The number of hydrogen-bond donors (Lipinski definition) is 0. The number of anilines is 1. The number of ether oxygens (including phenoxy) is 1. The molecule has 0 saturated carbocycles. The number of aromatic nitrogens is 1.